The number of rotatable bonds is 3. The van der Waals surface area contributed by atoms with E-state index in [-0.39, 0.29) is 11.9 Å². The highest BCUT2D eigenvalue weighted by molar-refractivity contribution is 5.17. The molecule has 88 valence electrons. The number of benzene rings is 1. The summed E-state index contributed by atoms with van der Waals surface area (Å²) in [4.78, 5) is 0. The van der Waals surface area contributed by atoms with Gasteiger partial charge in [0.05, 0.1) is 0 Å². The summed E-state index contributed by atoms with van der Waals surface area (Å²) in [5.41, 5.74) is 7.22. The number of halogens is 1. The van der Waals surface area contributed by atoms with Crippen LogP contribution in [0.1, 0.15) is 31.7 Å². The third-order valence-corrected chi connectivity index (χ3v) is 3.70. The van der Waals surface area contributed by atoms with E-state index in [4.69, 9.17) is 5.73 Å². The van der Waals surface area contributed by atoms with Crippen molar-refractivity contribution in [3.05, 3.63) is 35.6 Å². The highest BCUT2D eigenvalue weighted by Crippen LogP contribution is 2.32. The molecule has 3 atom stereocenters. The molecule has 0 radical (unpaired) electrons. The minimum absolute atomic E-state index is 0.163. The molecule has 0 amide bonds. The maximum atomic E-state index is 13.0. The Bertz CT molecular complexity index is 350. The molecule has 1 saturated carbocycles. The zero-order valence-corrected chi connectivity index (χ0v) is 9.83. The summed E-state index contributed by atoms with van der Waals surface area (Å²) in [6, 6.07) is 6.98. The maximum Gasteiger partial charge on any atom is 0.123 e. The predicted molar refractivity (Wildman–Crippen MR) is 64.6 cm³/mol. The lowest BCUT2D eigenvalue weighted by Crippen LogP contribution is -2.30. The van der Waals surface area contributed by atoms with E-state index in [9.17, 15) is 4.39 Å². The Kier molecular flexibility index (Phi) is 3.59. The molecule has 0 saturated heterocycles. The van der Waals surface area contributed by atoms with Crippen molar-refractivity contribution in [1.82, 2.24) is 0 Å². The lowest BCUT2D eigenvalue weighted by atomic mass is 9.92. The molecule has 2 rings (SSSR count). The van der Waals surface area contributed by atoms with E-state index in [2.05, 4.69) is 6.92 Å². The van der Waals surface area contributed by atoms with Crippen LogP contribution in [0.15, 0.2) is 24.3 Å². The molecule has 2 heteroatoms. The van der Waals surface area contributed by atoms with E-state index >= 15 is 0 Å². The molecule has 0 bridgehead atoms. The van der Waals surface area contributed by atoms with Gasteiger partial charge in [0.2, 0.25) is 0 Å². The second-order valence-electron chi connectivity index (χ2n) is 5.18. The van der Waals surface area contributed by atoms with Crippen LogP contribution in [0, 0.1) is 17.7 Å². The Labute approximate surface area is 96.9 Å². The van der Waals surface area contributed by atoms with Crippen molar-refractivity contribution < 1.29 is 4.39 Å². The van der Waals surface area contributed by atoms with Crippen LogP contribution in [0.25, 0.3) is 0 Å². The van der Waals surface area contributed by atoms with E-state index in [1.165, 1.54) is 25.3 Å². The molecule has 1 aliphatic rings. The molecule has 1 aliphatic carbocycles. The van der Waals surface area contributed by atoms with Crippen molar-refractivity contribution in [3.63, 3.8) is 0 Å². The summed E-state index contributed by atoms with van der Waals surface area (Å²) in [5.74, 6) is 1.27. The van der Waals surface area contributed by atoms with Gasteiger partial charge in [0.1, 0.15) is 5.82 Å². The summed E-state index contributed by atoms with van der Waals surface area (Å²) in [6.45, 7) is 2.29. The number of nitrogens with two attached hydrogens (primary N) is 1. The van der Waals surface area contributed by atoms with Crippen LogP contribution in [0.2, 0.25) is 0 Å². The zero-order valence-electron chi connectivity index (χ0n) is 9.83. The Morgan fingerprint density at radius 1 is 1.44 bits per heavy atom. The fourth-order valence-corrected chi connectivity index (χ4v) is 2.74. The Balaban J connectivity index is 1.94. The molecule has 0 heterocycles. The average Bonchev–Trinajstić information content (AvgIpc) is 2.65. The molecular weight excluding hydrogens is 201 g/mol. The molecule has 0 spiro atoms. The van der Waals surface area contributed by atoms with Crippen molar-refractivity contribution in [2.45, 2.75) is 38.6 Å². The van der Waals surface area contributed by atoms with Gasteiger partial charge in [-0.3, -0.25) is 0 Å². The molecule has 0 aliphatic heterocycles. The Hall–Kier alpha value is -0.890. The van der Waals surface area contributed by atoms with Crippen molar-refractivity contribution in [2.75, 3.05) is 0 Å². The van der Waals surface area contributed by atoms with Gasteiger partial charge in [-0.25, -0.2) is 4.39 Å². The summed E-state index contributed by atoms with van der Waals surface area (Å²) < 4.78 is 13.0. The quantitative estimate of drug-likeness (QED) is 0.833. The topological polar surface area (TPSA) is 26.0 Å². The molecular formula is C14H20FN. The third-order valence-electron chi connectivity index (χ3n) is 3.70. The standard InChI is InChI=1S/C14H20FN/c1-10-5-6-12(7-10)14(16)9-11-3-2-4-13(15)8-11/h2-4,8,10,12,14H,5-7,9,16H2,1H3. The van der Waals surface area contributed by atoms with E-state index in [1.54, 1.807) is 12.1 Å². The second-order valence-corrected chi connectivity index (χ2v) is 5.18. The first-order chi connectivity index (χ1) is 7.65. The zero-order chi connectivity index (χ0) is 11.5. The van der Waals surface area contributed by atoms with Gasteiger partial charge in [-0.2, -0.15) is 0 Å². The second kappa shape index (κ2) is 4.96. The fraction of sp³-hybridized carbons (Fsp3) is 0.571. The van der Waals surface area contributed by atoms with Crippen molar-refractivity contribution in [1.29, 1.82) is 0 Å². The lowest BCUT2D eigenvalue weighted by Gasteiger charge is -2.19. The van der Waals surface area contributed by atoms with Crippen LogP contribution < -0.4 is 5.73 Å². The SMILES string of the molecule is CC1CCC(C(N)Cc2cccc(F)c2)C1. The summed E-state index contributed by atoms with van der Waals surface area (Å²) in [5, 5.41) is 0. The first kappa shape index (κ1) is 11.6. The van der Waals surface area contributed by atoms with Gasteiger partial charge in [-0.1, -0.05) is 25.5 Å². The van der Waals surface area contributed by atoms with E-state index in [0.29, 0.717) is 5.92 Å². The van der Waals surface area contributed by atoms with E-state index in [1.807, 2.05) is 6.07 Å². The largest absolute Gasteiger partial charge is 0.327 e. The van der Waals surface area contributed by atoms with Crippen LogP contribution in [0.3, 0.4) is 0 Å². The lowest BCUT2D eigenvalue weighted by molar-refractivity contribution is 0.415. The highest BCUT2D eigenvalue weighted by atomic mass is 19.1. The minimum Gasteiger partial charge on any atom is -0.327 e. The molecule has 3 unspecified atom stereocenters. The Morgan fingerprint density at radius 3 is 2.88 bits per heavy atom. The van der Waals surface area contributed by atoms with Crippen molar-refractivity contribution >= 4 is 0 Å². The van der Waals surface area contributed by atoms with Crippen LogP contribution in [-0.4, -0.2) is 6.04 Å². The first-order valence-corrected chi connectivity index (χ1v) is 6.15. The Morgan fingerprint density at radius 2 is 2.25 bits per heavy atom. The smallest absolute Gasteiger partial charge is 0.123 e. The third kappa shape index (κ3) is 2.82. The van der Waals surface area contributed by atoms with Crippen LogP contribution >= 0.6 is 0 Å². The summed E-state index contributed by atoms with van der Waals surface area (Å²) in [6.07, 6.45) is 4.56. The van der Waals surface area contributed by atoms with Crippen molar-refractivity contribution in [3.8, 4) is 0 Å². The maximum absolute atomic E-state index is 13.0. The van der Waals surface area contributed by atoms with Gasteiger partial charge in [-0.05, 0) is 48.8 Å². The molecule has 2 N–H and O–H groups in total. The number of hydrogen-bond donors (Lipinski definition) is 1. The molecule has 1 nitrogen and oxygen atoms in total. The molecule has 1 aromatic rings. The van der Waals surface area contributed by atoms with Gasteiger partial charge in [-0.15, -0.1) is 0 Å². The van der Waals surface area contributed by atoms with Gasteiger partial charge in [0, 0.05) is 6.04 Å². The fourth-order valence-electron chi connectivity index (χ4n) is 2.74. The summed E-state index contributed by atoms with van der Waals surface area (Å²) in [7, 11) is 0. The highest BCUT2D eigenvalue weighted by Gasteiger charge is 2.26. The van der Waals surface area contributed by atoms with Crippen LogP contribution in [0.5, 0.6) is 0 Å². The normalized spacial score (nSPS) is 26.9. The van der Waals surface area contributed by atoms with E-state index in [0.717, 1.165) is 17.9 Å². The van der Waals surface area contributed by atoms with Gasteiger partial charge in [0.15, 0.2) is 0 Å². The monoisotopic (exact) mass is 221 g/mol. The number of hydrogen-bond acceptors (Lipinski definition) is 1. The molecule has 1 fully saturated rings. The van der Waals surface area contributed by atoms with Gasteiger partial charge < -0.3 is 5.73 Å². The van der Waals surface area contributed by atoms with Crippen LogP contribution in [-0.2, 0) is 6.42 Å². The van der Waals surface area contributed by atoms with Gasteiger partial charge in [0.25, 0.3) is 0 Å². The molecule has 1 aromatic carbocycles. The van der Waals surface area contributed by atoms with Crippen molar-refractivity contribution in [2.24, 2.45) is 17.6 Å². The summed E-state index contributed by atoms with van der Waals surface area (Å²) >= 11 is 0. The van der Waals surface area contributed by atoms with Crippen LogP contribution in [0.4, 0.5) is 4.39 Å². The first-order valence-electron chi connectivity index (χ1n) is 6.15. The molecule has 16 heavy (non-hydrogen) atoms. The van der Waals surface area contributed by atoms with E-state index < -0.39 is 0 Å². The average molecular weight is 221 g/mol. The molecule has 0 aromatic heterocycles. The predicted octanol–water partition coefficient (Wildman–Crippen LogP) is 3.13. The van der Waals surface area contributed by atoms with Gasteiger partial charge >= 0.3 is 0 Å². The minimum atomic E-state index is -0.163.